The van der Waals surface area contributed by atoms with Crippen LogP contribution in [0.15, 0.2) is 48.5 Å². The first kappa shape index (κ1) is 22.4. The average Bonchev–Trinajstić information content (AvgIpc) is 3.50. The maximum atomic E-state index is 12.6. The molecule has 1 heterocycles. The van der Waals surface area contributed by atoms with Crippen LogP contribution in [0.2, 0.25) is 0 Å². The highest BCUT2D eigenvalue weighted by molar-refractivity contribution is 8.00. The van der Waals surface area contributed by atoms with Crippen LogP contribution in [0, 0.1) is 17.8 Å². The van der Waals surface area contributed by atoms with Gasteiger partial charge in [-0.2, -0.15) is 0 Å². The molecule has 8 heteroatoms. The molecule has 2 unspecified atom stereocenters. The second-order valence-corrected chi connectivity index (χ2v) is 9.76. The summed E-state index contributed by atoms with van der Waals surface area (Å²) in [6.07, 6.45) is 1.40. The lowest BCUT2D eigenvalue weighted by Crippen LogP contribution is -2.45. The van der Waals surface area contributed by atoms with Gasteiger partial charge < -0.3 is 20.1 Å². The summed E-state index contributed by atoms with van der Waals surface area (Å²) in [5.41, 5.74) is 4.56. The standard InChI is InChI=1S/C26H24N2O5S/c29-23(28-22(25(30)31)15-34-24(28)16-11-12-16)10-5-13-27-26(32)33-14-21-19-8-3-1-6-17(19)18-7-2-4-9-20(18)21/h1-4,6-9,16,21-22,24H,11-15H2,(H,27,32)(H,30,31). The second kappa shape index (κ2) is 9.43. The number of hydrogen-bond donors (Lipinski definition) is 2. The SMILES string of the molecule is O=C(NCC#CC(=O)N1C(C(=O)O)CSC1C1CC1)OCC1c2ccccc2-c2ccccc21. The number of amides is 2. The molecule has 7 nitrogen and oxygen atoms in total. The number of ether oxygens (including phenoxy) is 1. The minimum absolute atomic E-state index is 0.0363. The number of thioether (sulfide) groups is 1. The van der Waals surface area contributed by atoms with Crippen LogP contribution in [0.5, 0.6) is 0 Å². The molecule has 2 aromatic carbocycles. The summed E-state index contributed by atoms with van der Waals surface area (Å²) in [4.78, 5) is 37.8. The lowest BCUT2D eigenvalue weighted by Gasteiger charge is -2.25. The Bertz CT molecular complexity index is 1150. The molecule has 0 aromatic heterocycles. The van der Waals surface area contributed by atoms with Crippen molar-refractivity contribution in [2.45, 2.75) is 30.2 Å². The van der Waals surface area contributed by atoms with Crippen LogP contribution >= 0.6 is 11.8 Å². The van der Waals surface area contributed by atoms with Gasteiger partial charge in [-0.3, -0.25) is 4.79 Å². The van der Waals surface area contributed by atoms with Crippen LogP contribution in [0.25, 0.3) is 11.1 Å². The molecule has 3 aliphatic rings. The molecule has 2 amide bonds. The fourth-order valence-corrected chi connectivity index (χ4v) is 6.30. The molecular formula is C26H24N2O5S. The zero-order valence-corrected chi connectivity index (χ0v) is 19.2. The summed E-state index contributed by atoms with van der Waals surface area (Å²) in [6.45, 7) is 0.135. The van der Waals surface area contributed by atoms with Gasteiger partial charge in [-0.25, -0.2) is 9.59 Å². The topological polar surface area (TPSA) is 95.9 Å². The molecule has 1 aliphatic heterocycles. The highest BCUT2D eigenvalue weighted by Crippen LogP contribution is 2.46. The van der Waals surface area contributed by atoms with Crippen molar-refractivity contribution < 1.29 is 24.2 Å². The molecule has 34 heavy (non-hydrogen) atoms. The fraction of sp³-hybridized carbons (Fsp3) is 0.346. The first-order valence-corrected chi connectivity index (χ1v) is 12.3. The average molecular weight is 477 g/mol. The van der Waals surface area contributed by atoms with Crippen molar-refractivity contribution in [2.75, 3.05) is 18.9 Å². The maximum absolute atomic E-state index is 12.6. The van der Waals surface area contributed by atoms with Gasteiger partial charge >= 0.3 is 12.1 Å². The van der Waals surface area contributed by atoms with Crippen molar-refractivity contribution in [3.05, 3.63) is 59.7 Å². The van der Waals surface area contributed by atoms with Crippen LogP contribution in [-0.4, -0.2) is 58.3 Å². The lowest BCUT2D eigenvalue weighted by molar-refractivity contribution is -0.147. The van der Waals surface area contributed by atoms with E-state index in [-0.39, 0.29) is 24.4 Å². The van der Waals surface area contributed by atoms with Gasteiger partial charge in [0.05, 0.1) is 11.9 Å². The van der Waals surface area contributed by atoms with Crippen molar-refractivity contribution >= 4 is 29.7 Å². The molecule has 2 aliphatic carbocycles. The summed E-state index contributed by atoms with van der Waals surface area (Å²) in [5, 5.41) is 11.9. The third-order valence-corrected chi connectivity index (χ3v) is 7.90. The van der Waals surface area contributed by atoms with Crippen molar-refractivity contribution in [1.82, 2.24) is 10.2 Å². The summed E-state index contributed by atoms with van der Waals surface area (Å²) in [5.74, 6) is 4.29. The van der Waals surface area contributed by atoms with Gasteiger partial charge in [-0.15, -0.1) is 11.8 Å². The van der Waals surface area contributed by atoms with E-state index in [2.05, 4.69) is 29.3 Å². The molecule has 174 valence electrons. The largest absolute Gasteiger partial charge is 0.480 e. The van der Waals surface area contributed by atoms with E-state index in [0.717, 1.165) is 35.1 Å². The molecular weight excluding hydrogens is 452 g/mol. The number of carbonyl (C=O) groups excluding carboxylic acids is 2. The van der Waals surface area contributed by atoms with Crippen LogP contribution in [-0.2, 0) is 14.3 Å². The number of carboxylic acid groups (broad SMARTS) is 1. The van der Waals surface area contributed by atoms with Crippen molar-refractivity contribution in [3.63, 3.8) is 0 Å². The number of carbonyl (C=O) groups is 3. The molecule has 2 atom stereocenters. The Kier molecular flexibility index (Phi) is 6.20. The van der Waals surface area contributed by atoms with Crippen LogP contribution in [0.3, 0.4) is 0 Å². The Labute approximate surface area is 201 Å². The van der Waals surface area contributed by atoms with E-state index in [1.54, 1.807) is 0 Å². The normalized spacial score (nSPS) is 20.6. The van der Waals surface area contributed by atoms with Gasteiger partial charge in [0, 0.05) is 11.7 Å². The van der Waals surface area contributed by atoms with Gasteiger partial charge in [-0.05, 0) is 46.9 Å². The monoisotopic (exact) mass is 476 g/mol. The number of benzene rings is 2. The lowest BCUT2D eigenvalue weighted by atomic mass is 9.98. The Morgan fingerprint density at radius 2 is 1.71 bits per heavy atom. The number of fused-ring (bicyclic) bond motifs is 3. The molecule has 2 N–H and O–H groups in total. The van der Waals surface area contributed by atoms with Crippen molar-refractivity contribution in [1.29, 1.82) is 0 Å². The third-order valence-electron chi connectivity index (χ3n) is 6.44. The van der Waals surface area contributed by atoms with Crippen LogP contribution in [0.1, 0.15) is 29.9 Å². The zero-order valence-electron chi connectivity index (χ0n) is 18.4. The Balaban J connectivity index is 1.15. The van der Waals surface area contributed by atoms with E-state index in [4.69, 9.17) is 4.74 Å². The number of rotatable bonds is 5. The predicted octanol–water partition coefficient (Wildman–Crippen LogP) is 3.29. The first-order valence-electron chi connectivity index (χ1n) is 11.3. The number of hydrogen-bond acceptors (Lipinski definition) is 5. The number of alkyl carbamates (subject to hydrolysis) is 1. The summed E-state index contributed by atoms with van der Waals surface area (Å²) < 4.78 is 5.46. The van der Waals surface area contributed by atoms with E-state index >= 15 is 0 Å². The minimum Gasteiger partial charge on any atom is -0.480 e. The van der Waals surface area contributed by atoms with Gasteiger partial charge in [0.2, 0.25) is 0 Å². The molecule has 5 rings (SSSR count). The van der Waals surface area contributed by atoms with E-state index in [1.807, 2.05) is 36.4 Å². The van der Waals surface area contributed by atoms with Crippen LogP contribution in [0.4, 0.5) is 4.79 Å². The van der Waals surface area contributed by atoms with E-state index in [1.165, 1.54) is 16.7 Å². The van der Waals surface area contributed by atoms with Gasteiger partial charge in [0.1, 0.15) is 12.6 Å². The number of nitrogens with zero attached hydrogens (tertiary/aromatic N) is 1. The van der Waals surface area contributed by atoms with Crippen molar-refractivity contribution in [3.8, 4) is 23.0 Å². The predicted molar refractivity (Wildman–Crippen MR) is 128 cm³/mol. The molecule has 0 spiro atoms. The number of aliphatic carboxylic acids is 1. The number of nitrogens with one attached hydrogen (secondary N) is 1. The molecule has 2 fully saturated rings. The van der Waals surface area contributed by atoms with Crippen molar-refractivity contribution in [2.24, 2.45) is 5.92 Å². The Hall–Kier alpha value is -3.44. The van der Waals surface area contributed by atoms with E-state index in [0.29, 0.717) is 11.7 Å². The highest BCUT2D eigenvalue weighted by atomic mass is 32.2. The summed E-state index contributed by atoms with van der Waals surface area (Å²) in [7, 11) is 0. The molecule has 0 bridgehead atoms. The van der Waals surface area contributed by atoms with Gasteiger partial charge in [0.25, 0.3) is 5.91 Å². The molecule has 1 saturated carbocycles. The third kappa shape index (κ3) is 4.36. The summed E-state index contributed by atoms with van der Waals surface area (Å²) in [6, 6.07) is 15.3. The Morgan fingerprint density at radius 1 is 1.06 bits per heavy atom. The Morgan fingerprint density at radius 3 is 2.32 bits per heavy atom. The highest BCUT2D eigenvalue weighted by Gasteiger charge is 2.47. The van der Waals surface area contributed by atoms with E-state index in [9.17, 15) is 19.5 Å². The first-order chi connectivity index (χ1) is 16.5. The quantitative estimate of drug-likeness (QED) is 0.643. The van der Waals surface area contributed by atoms with Crippen LogP contribution < -0.4 is 5.32 Å². The number of carboxylic acids is 1. The maximum Gasteiger partial charge on any atom is 0.407 e. The molecule has 1 saturated heterocycles. The van der Waals surface area contributed by atoms with E-state index < -0.39 is 24.0 Å². The smallest absolute Gasteiger partial charge is 0.407 e. The molecule has 0 radical (unpaired) electrons. The van der Waals surface area contributed by atoms with Gasteiger partial charge in [0.15, 0.2) is 0 Å². The zero-order chi connectivity index (χ0) is 23.7. The van der Waals surface area contributed by atoms with Gasteiger partial charge in [-0.1, -0.05) is 54.5 Å². The second-order valence-electron chi connectivity index (χ2n) is 8.61. The summed E-state index contributed by atoms with van der Waals surface area (Å²) >= 11 is 1.51. The fourth-order valence-electron chi connectivity index (χ4n) is 4.67. The molecule has 2 aromatic rings. The minimum atomic E-state index is -1.01.